The minimum atomic E-state index is -0.360. The quantitative estimate of drug-likeness (QED) is 0.340. The minimum absolute atomic E-state index is 0.107. The molecule has 1 N–H and O–H groups in total. The first-order valence-corrected chi connectivity index (χ1v) is 11.7. The van der Waals surface area contributed by atoms with Crippen LogP contribution >= 0.6 is 11.6 Å². The molecule has 1 heterocycles. The van der Waals surface area contributed by atoms with Crippen molar-refractivity contribution in [1.29, 1.82) is 0 Å². The third kappa shape index (κ3) is 6.80. The van der Waals surface area contributed by atoms with E-state index in [1.54, 1.807) is 23.1 Å². The molecule has 2 amide bonds. The molecule has 0 aliphatic rings. The molecule has 0 saturated carbocycles. The van der Waals surface area contributed by atoms with Crippen LogP contribution in [0.3, 0.4) is 0 Å². The van der Waals surface area contributed by atoms with Gasteiger partial charge in [-0.3, -0.25) is 9.59 Å². The Labute approximate surface area is 209 Å². The molecular formula is C28H26ClN3O3. The van der Waals surface area contributed by atoms with Crippen molar-refractivity contribution in [3.63, 3.8) is 0 Å². The van der Waals surface area contributed by atoms with Crippen molar-refractivity contribution in [2.45, 2.75) is 26.4 Å². The van der Waals surface area contributed by atoms with Crippen LogP contribution in [0.25, 0.3) is 0 Å². The van der Waals surface area contributed by atoms with E-state index in [1.807, 2.05) is 73.7 Å². The Hall–Kier alpha value is -3.90. The molecule has 0 spiro atoms. The highest BCUT2D eigenvalue weighted by atomic mass is 35.5. The Morgan fingerprint density at radius 1 is 0.943 bits per heavy atom. The smallest absolute Gasteiger partial charge is 0.273 e. The second-order valence-electron chi connectivity index (χ2n) is 8.32. The molecule has 0 bridgehead atoms. The predicted molar refractivity (Wildman–Crippen MR) is 135 cm³/mol. The molecule has 35 heavy (non-hydrogen) atoms. The molecule has 0 radical (unpaired) electrons. The van der Waals surface area contributed by atoms with Gasteiger partial charge in [0.2, 0.25) is 0 Å². The minimum Gasteiger partial charge on any atom is -0.359 e. The summed E-state index contributed by atoms with van der Waals surface area (Å²) in [5.41, 5.74) is 3.86. The predicted octanol–water partition coefficient (Wildman–Crippen LogP) is 5.45. The number of hydrogen-bond acceptors (Lipinski definition) is 4. The van der Waals surface area contributed by atoms with Gasteiger partial charge in [-0.1, -0.05) is 76.9 Å². The molecule has 0 aliphatic carbocycles. The molecule has 0 unspecified atom stereocenters. The summed E-state index contributed by atoms with van der Waals surface area (Å²) in [6.45, 7) is 2.99. The van der Waals surface area contributed by atoms with Gasteiger partial charge < -0.3 is 14.7 Å². The number of carbonyl (C=O) groups excluding carboxylic acids is 2. The van der Waals surface area contributed by atoms with Crippen LogP contribution in [0.2, 0.25) is 5.02 Å². The standard InChI is InChI=1S/C28H26ClN3O3/c1-20-10-12-23(13-11-20)28(34)32(15-14-21-6-3-2-4-7-21)19-25-17-26(31-35-25)27(33)30-18-22-8-5-9-24(29)16-22/h2-13,16-17H,14-15,18-19H2,1H3,(H,30,33). The third-order valence-electron chi connectivity index (χ3n) is 5.58. The lowest BCUT2D eigenvalue weighted by Crippen LogP contribution is -2.32. The van der Waals surface area contributed by atoms with Gasteiger partial charge in [0.05, 0.1) is 6.54 Å². The van der Waals surface area contributed by atoms with Crippen molar-refractivity contribution in [2.24, 2.45) is 0 Å². The van der Waals surface area contributed by atoms with E-state index in [0.717, 1.165) is 16.7 Å². The number of amides is 2. The first kappa shape index (κ1) is 24.2. The third-order valence-corrected chi connectivity index (χ3v) is 5.81. The molecule has 7 heteroatoms. The lowest BCUT2D eigenvalue weighted by molar-refractivity contribution is 0.0729. The maximum atomic E-state index is 13.3. The Morgan fingerprint density at radius 3 is 2.43 bits per heavy atom. The normalized spacial score (nSPS) is 10.7. The van der Waals surface area contributed by atoms with Gasteiger partial charge >= 0.3 is 0 Å². The number of halogens is 1. The zero-order valence-corrected chi connectivity index (χ0v) is 20.2. The Kier molecular flexibility index (Phi) is 7.95. The van der Waals surface area contributed by atoms with E-state index >= 15 is 0 Å². The van der Waals surface area contributed by atoms with E-state index < -0.39 is 0 Å². The van der Waals surface area contributed by atoms with Gasteiger partial charge in [0, 0.05) is 29.7 Å². The second kappa shape index (κ2) is 11.5. The number of benzene rings is 3. The van der Waals surface area contributed by atoms with Gasteiger partial charge in [-0.15, -0.1) is 0 Å². The van der Waals surface area contributed by atoms with Crippen molar-refractivity contribution in [1.82, 2.24) is 15.4 Å². The van der Waals surface area contributed by atoms with E-state index in [2.05, 4.69) is 10.5 Å². The summed E-state index contributed by atoms with van der Waals surface area (Å²) in [6.07, 6.45) is 0.694. The first-order chi connectivity index (χ1) is 17.0. The van der Waals surface area contributed by atoms with Crippen molar-refractivity contribution in [2.75, 3.05) is 6.54 Å². The van der Waals surface area contributed by atoms with Crippen molar-refractivity contribution in [3.05, 3.63) is 124 Å². The highest BCUT2D eigenvalue weighted by molar-refractivity contribution is 6.30. The monoisotopic (exact) mass is 487 g/mol. The van der Waals surface area contributed by atoms with Gasteiger partial charge in [-0.05, 0) is 48.7 Å². The van der Waals surface area contributed by atoms with Crippen LogP contribution < -0.4 is 5.32 Å². The van der Waals surface area contributed by atoms with Crippen LogP contribution in [-0.4, -0.2) is 28.4 Å². The molecule has 6 nitrogen and oxygen atoms in total. The van der Waals surface area contributed by atoms with Crippen LogP contribution in [0.15, 0.2) is 89.5 Å². The van der Waals surface area contributed by atoms with Gasteiger partial charge in [-0.25, -0.2) is 0 Å². The zero-order chi connectivity index (χ0) is 24.6. The van der Waals surface area contributed by atoms with Gasteiger partial charge in [0.25, 0.3) is 11.8 Å². The molecule has 1 aromatic heterocycles. The average Bonchev–Trinajstić information content (AvgIpc) is 3.34. The number of hydrogen-bond donors (Lipinski definition) is 1. The van der Waals surface area contributed by atoms with E-state index in [-0.39, 0.29) is 24.1 Å². The van der Waals surface area contributed by atoms with Crippen LogP contribution in [0, 0.1) is 6.92 Å². The number of aromatic nitrogens is 1. The molecule has 178 valence electrons. The number of aryl methyl sites for hydroxylation is 1. The zero-order valence-electron chi connectivity index (χ0n) is 19.4. The molecule has 3 aromatic carbocycles. The molecular weight excluding hydrogens is 462 g/mol. The van der Waals surface area contributed by atoms with E-state index in [9.17, 15) is 9.59 Å². The SMILES string of the molecule is Cc1ccc(C(=O)N(CCc2ccccc2)Cc2cc(C(=O)NCc3cccc(Cl)c3)no2)cc1. The lowest BCUT2D eigenvalue weighted by atomic mass is 10.1. The summed E-state index contributed by atoms with van der Waals surface area (Å²) in [5, 5.41) is 7.32. The fourth-order valence-electron chi connectivity index (χ4n) is 3.64. The van der Waals surface area contributed by atoms with E-state index in [1.165, 1.54) is 0 Å². The maximum Gasteiger partial charge on any atom is 0.273 e. The lowest BCUT2D eigenvalue weighted by Gasteiger charge is -2.21. The molecule has 4 aromatic rings. The van der Waals surface area contributed by atoms with Gasteiger partial charge in [0.15, 0.2) is 11.5 Å². The topological polar surface area (TPSA) is 75.4 Å². The molecule has 0 aliphatic heterocycles. The highest BCUT2D eigenvalue weighted by Gasteiger charge is 2.20. The van der Waals surface area contributed by atoms with Gasteiger partial charge in [0.1, 0.15) is 0 Å². The van der Waals surface area contributed by atoms with Crippen molar-refractivity contribution >= 4 is 23.4 Å². The summed E-state index contributed by atoms with van der Waals surface area (Å²) >= 11 is 6.00. The van der Waals surface area contributed by atoms with Crippen molar-refractivity contribution < 1.29 is 14.1 Å². The Balaban J connectivity index is 1.44. The molecule has 4 rings (SSSR count). The van der Waals surface area contributed by atoms with Crippen molar-refractivity contribution in [3.8, 4) is 0 Å². The fourth-order valence-corrected chi connectivity index (χ4v) is 3.86. The number of rotatable bonds is 9. The maximum absolute atomic E-state index is 13.3. The van der Waals surface area contributed by atoms with Crippen LogP contribution in [-0.2, 0) is 19.5 Å². The van der Waals surface area contributed by atoms with Crippen LogP contribution in [0.5, 0.6) is 0 Å². The molecule has 0 fully saturated rings. The average molecular weight is 488 g/mol. The number of carbonyl (C=O) groups is 2. The second-order valence-corrected chi connectivity index (χ2v) is 8.76. The highest BCUT2D eigenvalue weighted by Crippen LogP contribution is 2.15. The summed E-state index contributed by atoms with van der Waals surface area (Å²) in [5.74, 6) is -0.0311. The largest absolute Gasteiger partial charge is 0.359 e. The van der Waals surface area contributed by atoms with Crippen LogP contribution in [0.4, 0.5) is 0 Å². The number of nitrogens with one attached hydrogen (secondary N) is 1. The van der Waals surface area contributed by atoms with Crippen LogP contribution in [0.1, 0.15) is 43.3 Å². The van der Waals surface area contributed by atoms with Gasteiger partial charge in [-0.2, -0.15) is 0 Å². The summed E-state index contributed by atoms with van der Waals surface area (Å²) in [4.78, 5) is 27.6. The summed E-state index contributed by atoms with van der Waals surface area (Å²) < 4.78 is 5.42. The molecule has 0 atom stereocenters. The molecule has 0 saturated heterocycles. The summed E-state index contributed by atoms with van der Waals surface area (Å²) in [7, 11) is 0. The fraction of sp³-hybridized carbons (Fsp3) is 0.179. The Bertz CT molecular complexity index is 1290. The van der Waals surface area contributed by atoms with E-state index in [4.69, 9.17) is 16.1 Å². The Morgan fingerprint density at radius 2 is 1.69 bits per heavy atom. The number of nitrogens with zero attached hydrogens (tertiary/aromatic N) is 2. The first-order valence-electron chi connectivity index (χ1n) is 11.4. The summed E-state index contributed by atoms with van der Waals surface area (Å²) in [6, 6.07) is 26.3. The van der Waals surface area contributed by atoms with E-state index in [0.29, 0.717) is 35.9 Å².